The minimum Gasteiger partial charge on any atom is -0.497 e. The Balaban J connectivity index is 1.18. The highest BCUT2D eigenvalue weighted by Gasteiger charge is 2.25. The molecule has 0 unspecified atom stereocenters. The number of amides is 1. The smallest absolute Gasteiger partial charge is 0.255 e. The van der Waals surface area contributed by atoms with Crippen LogP contribution >= 0.6 is 11.3 Å². The van der Waals surface area contributed by atoms with Crippen molar-refractivity contribution in [2.24, 2.45) is 0 Å². The zero-order valence-corrected chi connectivity index (χ0v) is 21.2. The van der Waals surface area contributed by atoms with Crippen molar-refractivity contribution < 1.29 is 13.9 Å². The van der Waals surface area contributed by atoms with Crippen LogP contribution in [0.15, 0.2) is 58.5 Å². The molecule has 4 heterocycles. The van der Waals surface area contributed by atoms with E-state index in [-0.39, 0.29) is 5.91 Å². The molecule has 0 bridgehead atoms. The predicted octanol–water partition coefficient (Wildman–Crippen LogP) is 4.84. The summed E-state index contributed by atoms with van der Waals surface area (Å²) in [5.74, 6) is 1.84. The van der Waals surface area contributed by atoms with Gasteiger partial charge in [-0.3, -0.25) is 9.69 Å². The van der Waals surface area contributed by atoms with Crippen molar-refractivity contribution in [3.05, 3.63) is 82.5 Å². The lowest BCUT2D eigenvalue weighted by molar-refractivity contribution is 0.0626. The first-order valence-electron chi connectivity index (χ1n) is 11.8. The zero-order chi connectivity index (χ0) is 24.4. The number of rotatable bonds is 7. The topological polar surface area (TPSA) is 63.7 Å². The number of hydrogen-bond donors (Lipinski definition) is 0. The largest absolute Gasteiger partial charge is 0.497 e. The lowest BCUT2D eigenvalue weighted by Gasteiger charge is -2.34. The van der Waals surface area contributed by atoms with Gasteiger partial charge in [0.2, 0.25) is 0 Å². The molecular weight excluding hydrogens is 460 g/mol. The molecule has 0 aliphatic carbocycles. The van der Waals surface area contributed by atoms with Crippen LogP contribution in [-0.4, -0.2) is 58.5 Å². The summed E-state index contributed by atoms with van der Waals surface area (Å²) in [5, 5.41) is 3.15. The Morgan fingerprint density at radius 3 is 2.54 bits per heavy atom. The van der Waals surface area contributed by atoms with Crippen molar-refractivity contribution in [2.45, 2.75) is 26.9 Å². The van der Waals surface area contributed by atoms with Crippen LogP contribution in [0.3, 0.4) is 0 Å². The van der Waals surface area contributed by atoms with Gasteiger partial charge in [-0.25, -0.2) is 4.98 Å². The molecule has 1 aliphatic heterocycles. The van der Waals surface area contributed by atoms with E-state index in [0.717, 1.165) is 77.4 Å². The van der Waals surface area contributed by atoms with Crippen LogP contribution in [0, 0.1) is 13.8 Å². The lowest BCUT2D eigenvalue weighted by atomic mass is 10.2. The monoisotopic (exact) mass is 490 g/mol. The Morgan fingerprint density at radius 1 is 1.09 bits per heavy atom. The Morgan fingerprint density at radius 2 is 1.86 bits per heavy atom. The van der Waals surface area contributed by atoms with Gasteiger partial charge in [-0.15, -0.1) is 11.3 Å². The van der Waals surface area contributed by atoms with Crippen molar-refractivity contribution in [2.75, 3.05) is 33.3 Å². The van der Waals surface area contributed by atoms with Crippen molar-refractivity contribution in [1.29, 1.82) is 0 Å². The SMILES string of the molecule is COc1ccc(-c2nc(CN3CCN(C(=O)c4cc(C)n(Cc5ccco5)c4C)CC3)cs2)cc1. The third-order valence-corrected chi connectivity index (χ3v) is 7.57. The van der Waals surface area contributed by atoms with Crippen LogP contribution in [0.1, 0.15) is 33.2 Å². The number of carbonyl (C=O) groups excluding carboxylic acids is 1. The van der Waals surface area contributed by atoms with Gasteiger partial charge >= 0.3 is 0 Å². The maximum atomic E-state index is 13.3. The van der Waals surface area contributed by atoms with Gasteiger partial charge in [-0.1, -0.05) is 0 Å². The van der Waals surface area contributed by atoms with Crippen molar-refractivity contribution in [3.8, 4) is 16.3 Å². The minimum atomic E-state index is 0.110. The molecule has 1 amide bonds. The van der Waals surface area contributed by atoms with Crippen LogP contribution in [0.25, 0.3) is 10.6 Å². The number of ether oxygens (including phenoxy) is 1. The molecule has 1 saturated heterocycles. The van der Waals surface area contributed by atoms with E-state index in [2.05, 4.69) is 14.8 Å². The van der Waals surface area contributed by atoms with E-state index in [0.29, 0.717) is 6.54 Å². The molecule has 0 atom stereocenters. The summed E-state index contributed by atoms with van der Waals surface area (Å²) in [6.45, 7) is 8.61. The highest BCUT2D eigenvalue weighted by atomic mass is 32.1. The molecule has 1 fully saturated rings. The molecule has 0 radical (unpaired) electrons. The van der Waals surface area contributed by atoms with Crippen LogP contribution in [-0.2, 0) is 13.1 Å². The molecule has 8 heteroatoms. The number of aromatic nitrogens is 2. The number of aryl methyl sites for hydroxylation is 1. The molecule has 5 rings (SSSR count). The highest BCUT2D eigenvalue weighted by Crippen LogP contribution is 2.26. The fourth-order valence-corrected chi connectivity index (χ4v) is 5.39. The summed E-state index contributed by atoms with van der Waals surface area (Å²) in [6, 6.07) is 13.8. The van der Waals surface area contributed by atoms with Crippen molar-refractivity contribution in [1.82, 2.24) is 19.4 Å². The summed E-state index contributed by atoms with van der Waals surface area (Å²) in [6.07, 6.45) is 1.68. The van der Waals surface area contributed by atoms with Crippen LogP contribution in [0.4, 0.5) is 0 Å². The van der Waals surface area contributed by atoms with E-state index < -0.39 is 0 Å². The van der Waals surface area contributed by atoms with E-state index >= 15 is 0 Å². The third-order valence-electron chi connectivity index (χ3n) is 6.63. The molecule has 0 spiro atoms. The molecule has 0 N–H and O–H groups in total. The van der Waals surface area contributed by atoms with E-state index in [1.54, 1.807) is 24.7 Å². The second-order valence-corrected chi connectivity index (χ2v) is 9.75. The molecule has 0 saturated carbocycles. The van der Waals surface area contributed by atoms with E-state index in [9.17, 15) is 4.79 Å². The van der Waals surface area contributed by atoms with Gasteiger partial charge < -0.3 is 18.6 Å². The summed E-state index contributed by atoms with van der Waals surface area (Å²) in [4.78, 5) is 22.5. The molecular formula is C27H30N4O3S. The number of hydrogen-bond acceptors (Lipinski definition) is 6. The number of carbonyl (C=O) groups is 1. The Bertz CT molecular complexity index is 1280. The molecule has 35 heavy (non-hydrogen) atoms. The van der Waals surface area contributed by atoms with Crippen LogP contribution < -0.4 is 4.74 Å². The van der Waals surface area contributed by atoms with Gasteiger partial charge in [0.05, 0.1) is 31.2 Å². The summed E-state index contributed by atoms with van der Waals surface area (Å²) in [5.41, 5.74) is 5.01. The quantitative estimate of drug-likeness (QED) is 0.371. The Kier molecular flexibility index (Phi) is 6.74. The van der Waals surface area contributed by atoms with Gasteiger partial charge in [0.25, 0.3) is 5.91 Å². The minimum absolute atomic E-state index is 0.110. The van der Waals surface area contributed by atoms with E-state index in [1.165, 1.54) is 0 Å². The first-order chi connectivity index (χ1) is 17.0. The number of furan rings is 1. The number of thiazole rings is 1. The van der Waals surface area contributed by atoms with Gasteiger partial charge in [-0.05, 0) is 56.3 Å². The normalized spacial score (nSPS) is 14.4. The average Bonchev–Trinajstić information content (AvgIpc) is 3.63. The first-order valence-corrected chi connectivity index (χ1v) is 12.7. The van der Waals surface area contributed by atoms with E-state index in [4.69, 9.17) is 14.1 Å². The molecule has 3 aromatic heterocycles. The highest BCUT2D eigenvalue weighted by molar-refractivity contribution is 7.13. The molecule has 7 nitrogen and oxygen atoms in total. The lowest BCUT2D eigenvalue weighted by Crippen LogP contribution is -2.48. The fraction of sp³-hybridized carbons (Fsp3) is 0.333. The van der Waals surface area contributed by atoms with Crippen LogP contribution in [0.2, 0.25) is 0 Å². The van der Waals surface area contributed by atoms with Crippen molar-refractivity contribution in [3.63, 3.8) is 0 Å². The Hall–Kier alpha value is -3.36. The Labute approximate surface area is 209 Å². The van der Waals surface area contributed by atoms with Gasteiger partial charge in [0, 0.05) is 55.1 Å². The fourth-order valence-electron chi connectivity index (χ4n) is 4.57. The number of piperazine rings is 1. The average molecular weight is 491 g/mol. The van der Waals surface area contributed by atoms with Gasteiger partial charge in [0.15, 0.2) is 0 Å². The van der Waals surface area contributed by atoms with Crippen LogP contribution in [0.5, 0.6) is 5.75 Å². The molecule has 4 aromatic rings. The maximum Gasteiger partial charge on any atom is 0.255 e. The first kappa shape index (κ1) is 23.4. The third kappa shape index (κ3) is 5.04. The summed E-state index contributed by atoms with van der Waals surface area (Å²) >= 11 is 1.66. The summed E-state index contributed by atoms with van der Waals surface area (Å²) < 4.78 is 12.9. The number of nitrogens with zero attached hydrogens (tertiary/aromatic N) is 4. The second-order valence-electron chi connectivity index (χ2n) is 8.89. The predicted molar refractivity (Wildman–Crippen MR) is 137 cm³/mol. The van der Waals surface area contributed by atoms with Gasteiger partial charge in [0.1, 0.15) is 16.5 Å². The summed E-state index contributed by atoms with van der Waals surface area (Å²) in [7, 11) is 1.67. The van der Waals surface area contributed by atoms with E-state index in [1.807, 2.05) is 61.2 Å². The number of methoxy groups -OCH3 is 1. The zero-order valence-electron chi connectivity index (χ0n) is 20.4. The molecule has 1 aliphatic rings. The molecule has 182 valence electrons. The second kappa shape index (κ2) is 10.1. The molecule has 1 aromatic carbocycles. The van der Waals surface area contributed by atoms with Gasteiger partial charge in [-0.2, -0.15) is 0 Å². The van der Waals surface area contributed by atoms with Crippen molar-refractivity contribution >= 4 is 17.2 Å². The standard InChI is InChI=1S/C27H30N4O3S/c1-19-15-25(20(2)31(19)17-24-5-4-14-34-24)27(32)30-12-10-29(11-13-30)16-22-18-35-26(28-22)21-6-8-23(33-3)9-7-21/h4-9,14-15,18H,10-13,16-17H2,1-3H3. The maximum absolute atomic E-state index is 13.3. The number of benzene rings is 1.